The van der Waals surface area contributed by atoms with Crippen LogP contribution in [0.3, 0.4) is 0 Å². The molecule has 0 aliphatic carbocycles. The third kappa shape index (κ3) is 4.94. The molecule has 1 atom stereocenters. The molecule has 1 amide bonds. The van der Waals surface area contributed by atoms with Crippen molar-refractivity contribution < 1.29 is 13.6 Å². The van der Waals surface area contributed by atoms with Crippen molar-refractivity contribution in [3.63, 3.8) is 0 Å². The lowest BCUT2D eigenvalue weighted by Gasteiger charge is -2.26. The quantitative estimate of drug-likeness (QED) is 0.558. The largest absolute Gasteiger partial charge is 0.350 e. The molecule has 0 saturated heterocycles. The van der Waals surface area contributed by atoms with Crippen LogP contribution in [0.1, 0.15) is 47.4 Å². The number of benzene rings is 2. The molecule has 2 aromatic carbocycles. The van der Waals surface area contributed by atoms with E-state index in [0.29, 0.717) is 10.6 Å². The zero-order valence-corrected chi connectivity index (χ0v) is 18.6. The van der Waals surface area contributed by atoms with E-state index in [0.717, 1.165) is 11.4 Å². The van der Waals surface area contributed by atoms with Crippen molar-refractivity contribution >= 4 is 17.5 Å². The highest BCUT2D eigenvalue weighted by Crippen LogP contribution is 2.26. The smallest absolute Gasteiger partial charge is 0.254 e. The van der Waals surface area contributed by atoms with Crippen molar-refractivity contribution in [2.45, 2.75) is 25.8 Å². The van der Waals surface area contributed by atoms with Crippen LogP contribution < -0.4 is 5.32 Å². The fraction of sp³-hybridized carbons (Fsp3) is 0.304. The minimum Gasteiger partial charge on any atom is -0.350 e. The third-order valence-electron chi connectivity index (χ3n) is 5.08. The summed E-state index contributed by atoms with van der Waals surface area (Å²) in [5, 5.41) is 7.81. The van der Waals surface area contributed by atoms with E-state index in [2.05, 4.69) is 10.4 Å². The topological polar surface area (TPSA) is 50.2 Å². The van der Waals surface area contributed by atoms with Crippen molar-refractivity contribution in [2.75, 3.05) is 20.6 Å². The molecule has 1 unspecified atom stereocenters. The van der Waals surface area contributed by atoms with Gasteiger partial charge >= 0.3 is 0 Å². The summed E-state index contributed by atoms with van der Waals surface area (Å²) in [7, 11) is 3.42. The molecule has 0 bridgehead atoms. The van der Waals surface area contributed by atoms with Crippen LogP contribution in [0.15, 0.2) is 48.7 Å². The molecule has 31 heavy (non-hydrogen) atoms. The molecule has 0 aliphatic heterocycles. The van der Waals surface area contributed by atoms with Gasteiger partial charge in [-0.15, -0.1) is 0 Å². The van der Waals surface area contributed by atoms with Crippen LogP contribution in [0.4, 0.5) is 8.78 Å². The van der Waals surface area contributed by atoms with Gasteiger partial charge in [0.15, 0.2) is 0 Å². The summed E-state index contributed by atoms with van der Waals surface area (Å²) in [5.74, 6) is -1.64. The molecule has 1 heterocycles. The summed E-state index contributed by atoms with van der Waals surface area (Å²) in [6.07, 6.45) is 1.51. The van der Waals surface area contributed by atoms with E-state index in [4.69, 9.17) is 11.6 Å². The first-order valence-corrected chi connectivity index (χ1v) is 10.3. The van der Waals surface area contributed by atoms with E-state index >= 15 is 0 Å². The first-order chi connectivity index (χ1) is 14.7. The number of carbonyl (C=O) groups is 1. The number of nitrogens with zero attached hydrogens (tertiary/aromatic N) is 3. The van der Waals surface area contributed by atoms with E-state index < -0.39 is 17.7 Å². The van der Waals surface area contributed by atoms with Crippen LogP contribution in [-0.2, 0) is 0 Å². The second-order valence-corrected chi connectivity index (χ2v) is 8.25. The average molecular weight is 447 g/mol. The molecule has 1 aromatic heterocycles. The van der Waals surface area contributed by atoms with Crippen molar-refractivity contribution in [1.82, 2.24) is 20.0 Å². The lowest BCUT2D eigenvalue weighted by molar-refractivity contribution is 0.0939. The van der Waals surface area contributed by atoms with Gasteiger partial charge in [0.05, 0.1) is 29.2 Å². The van der Waals surface area contributed by atoms with Gasteiger partial charge in [-0.2, -0.15) is 5.10 Å². The number of hydrogen-bond donors (Lipinski definition) is 1. The third-order valence-corrected chi connectivity index (χ3v) is 5.33. The minimum atomic E-state index is -0.668. The number of hydrogen-bond acceptors (Lipinski definition) is 3. The molecule has 0 aliphatic rings. The molecule has 164 valence electrons. The lowest BCUT2D eigenvalue weighted by atomic mass is 10.0. The molecule has 1 N–H and O–H groups in total. The maximum absolute atomic E-state index is 14.3. The van der Waals surface area contributed by atoms with Crippen molar-refractivity contribution in [1.29, 1.82) is 0 Å². The van der Waals surface area contributed by atoms with Crippen LogP contribution in [-0.4, -0.2) is 41.2 Å². The predicted molar refractivity (Wildman–Crippen MR) is 118 cm³/mol. The summed E-state index contributed by atoms with van der Waals surface area (Å²) < 4.78 is 30.3. The van der Waals surface area contributed by atoms with Gasteiger partial charge in [-0.1, -0.05) is 31.5 Å². The Bertz CT molecular complexity index is 1040. The molecule has 8 heteroatoms. The molecule has 3 aromatic rings. The zero-order chi connectivity index (χ0) is 22.7. The molecule has 5 nitrogen and oxygen atoms in total. The van der Waals surface area contributed by atoms with Gasteiger partial charge in [0.25, 0.3) is 5.91 Å². The van der Waals surface area contributed by atoms with Crippen LogP contribution in [0.5, 0.6) is 0 Å². The Hall–Kier alpha value is -2.77. The van der Waals surface area contributed by atoms with Gasteiger partial charge in [0.1, 0.15) is 11.6 Å². The molecular weight excluding hydrogens is 422 g/mol. The Morgan fingerprint density at radius 3 is 2.29 bits per heavy atom. The van der Waals surface area contributed by atoms with E-state index in [1.165, 1.54) is 24.4 Å². The molecular formula is C23H25ClF2N4O. The van der Waals surface area contributed by atoms with Gasteiger partial charge in [0, 0.05) is 17.1 Å². The average Bonchev–Trinajstić information content (AvgIpc) is 3.15. The van der Waals surface area contributed by atoms with E-state index in [9.17, 15) is 13.6 Å². The maximum atomic E-state index is 14.3. The molecule has 0 fully saturated rings. The molecule has 0 radical (unpaired) electrons. The van der Waals surface area contributed by atoms with Crippen LogP contribution in [0.25, 0.3) is 5.69 Å². The highest BCUT2D eigenvalue weighted by atomic mass is 35.5. The summed E-state index contributed by atoms with van der Waals surface area (Å²) in [5.41, 5.74) is 1.86. The Morgan fingerprint density at radius 1 is 1.13 bits per heavy atom. The Kier molecular flexibility index (Phi) is 7.08. The zero-order valence-electron chi connectivity index (χ0n) is 17.9. The standard InChI is InChI=1S/C23H25ClF2N4O/c1-14(2)22-17(12-28-30(22)16-10-8-15(24)9-11-16)23(31)27-13-20(29(3)4)21-18(25)6-5-7-19(21)26/h5-12,14,20H,13H2,1-4H3,(H,27,31). The summed E-state index contributed by atoms with van der Waals surface area (Å²) in [4.78, 5) is 14.7. The van der Waals surface area contributed by atoms with Gasteiger partial charge in [-0.05, 0) is 56.4 Å². The number of nitrogens with one attached hydrogen (secondary N) is 1. The number of carbonyl (C=O) groups excluding carboxylic acids is 1. The summed E-state index contributed by atoms with van der Waals surface area (Å²) in [6.45, 7) is 3.97. The van der Waals surface area contributed by atoms with Crippen molar-refractivity contribution in [3.8, 4) is 5.69 Å². The van der Waals surface area contributed by atoms with Crippen molar-refractivity contribution in [3.05, 3.63) is 82.1 Å². The predicted octanol–water partition coefficient (Wildman–Crippen LogP) is 4.96. The van der Waals surface area contributed by atoms with Crippen molar-refractivity contribution in [2.24, 2.45) is 0 Å². The minimum absolute atomic E-state index is 0.00702. The Balaban J connectivity index is 1.87. The molecule has 0 saturated carbocycles. The number of amides is 1. The van der Waals surface area contributed by atoms with Crippen LogP contribution in [0.2, 0.25) is 5.02 Å². The summed E-state index contributed by atoms with van der Waals surface area (Å²) in [6, 6.07) is 10.2. The highest BCUT2D eigenvalue weighted by molar-refractivity contribution is 6.30. The second kappa shape index (κ2) is 9.58. The first-order valence-electron chi connectivity index (χ1n) is 9.93. The Labute approximate surface area is 185 Å². The van der Waals surface area contributed by atoms with E-state index in [1.54, 1.807) is 35.8 Å². The number of likely N-dealkylation sites (N-methyl/N-ethyl adjacent to an activating group) is 1. The van der Waals surface area contributed by atoms with E-state index in [-0.39, 0.29) is 23.9 Å². The number of halogens is 3. The fourth-order valence-corrected chi connectivity index (χ4v) is 3.66. The van der Waals surface area contributed by atoms with Gasteiger partial charge in [0.2, 0.25) is 0 Å². The molecule has 3 rings (SSSR count). The fourth-order valence-electron chi connectivity index (χ4n) is 3.53. The van der Waals surface area contributed by atoms with Gasteiger partial charge in [-0.3, -0.25) is 4.79 Å². The van der Waals surface area contributed by atoms with Gasteiger partial charge < -0.3 is 10.2 Å². The maximum Gasteiger partial charge on any atom is 0.254 e. The van der Waals surface area contributed by atoms with E-state index in [1.807, 2.05) is 26.0 Å². The Morgan fingerprint density at radius 2 is 1.74 bits per heavy atom. The van der Waals surface area contributed by atoms with Crippen LogP contribution in [0, 0.1) is 11.6 Å². The van der Waals surface area contributed by atoms with Crippen LogP contribution >= 0.6 is 11.6 Å². The van der Waals surface area contributed by atoms with Gasteiger partial charge in [-0.25, -0.2) is 13.5 Å². The highest BCUT2D eigenvalue weighted by Gasteiger charge is 2.25. The normalized spacial score (nSPS) is 12.4. The second-order valence-electron chi connectivity index (χ2n) is 7.81. The SMILES string of the molecule is CC(C)c1c(C(=O)NCC(c2c(F)cccc2F)N(C)C)cnn1-c1ccc(Cl)cc1. The monoisotopic (exact) mass is 446 g/mol. The molecule has 0 spiro atoms. The number of rotatable bonds is 7. The summed E-state index contributed by atoms with van der Waals surface area (Å²) >= 11 is 5.98. The number of aromatic nitrogens is 2. The first kappa shape index (κ1) is 22.9. The lowest BCUT2D eigenvalue weighted by Crippen LogP contribution is -2.35.